The van der Waals surface area contributed by atoms with Crippen molar-refractivity contribution in [2.75, 3.05) is 7.11 Å². The van der Waals surface area contributed by atoms with Crippen LogP contribution in [0.2, 0.25) is 0 Å². The van der Waals surface area contributed by atoms with E-state index in [-0.39, 0.29) is 0 Å². The van der Waals surface area contributed by atoms with Crippen molar-refractivity contribution in [1.29, 1.82) is 0 Å². The quantitative estimate of drug-likeness (QED) is 0.542. The van der Waals surface area contributed by atoms with Gasteiger partial charge in [0, 0.05) is 6.92 Å². The number of ether oxygens (including phenoxy) is 1. The second-order valence-electron chi connectivity index (χ2n) is 2.53. The molecule has 0 aromatic heterocycles. The molecule has 0 spiro atoms. The van der Waals surface area contributed by atoms with Gasteiger partial charge >= 0.3 is 23.7 Å². The molecule has 0 amide bonds. The first-order chi connectivity index (χ1) is 5.98. The Morgan fingerprint density at radius 2 is 1.43 bits per heavy atom. The number of halogens is 6. The Hall–Kier alpha value is -0.950. The number of carbonyl (C=O) groups is 1. The fourth-order valence-electron chi connectivity index (χ4n) is 0.532. The minimum absolute atomic E-state index is 0.389. The van der Waals surface area contributed by atoms with E-state index in [0.29, 0.717) is 7.11 Å². The van der Waals surface area contributed by atoms with Gasteiger partial charge in [0.05, 0.1) is 7.11 Å². The Balaban J connectivity index is 5.18. The van der Waals surface area contributed by atoms with E-state index in [4.69, 9.17) is 0 Å². The average molecular weight is 224 g/mol. The van der Waals surface area contributed by atoms with Crippen molar-refractivity contribution in [3.8, 4) is 0 Å². The summed E-state index contributed by atoms with van der Waals surface area (Å²) < 4.78 is 76.9. The molecule has 0 saturated heterocycles. The van der Waals surface area contributed by atoms with Gasteiger partial charge in [0.2, 0.25) is 0 Å². The Labute approximate surface area is 74.8 Å². The standard InChI is InChI=1S/C6H6F6O2/c1-4(7,8)6(11,12)5(9,10)3(13)14-2/h1-2H3. The topological polar surface area (TPSA) is 26.3 Å². The van der Waals surface area contributed by atoms with Gasteiger partial charge in [0.15, 0.2) is 0 Å². The second kappa shape index (κ2) is 3.32. The minimum Gasteiger partial charge on any atom is -0.464 e. The van der Waals surface area contributed by atoms with Crippen LogP contribution in [-0.4, -0.2) is 30.8 Å². The molecule has 8 heteroatoms. The molecule has 0 aliphatic rings. The van der Waals surface area contributed by atoms with Gasteiger partial charge in [-0.15, -0.1) is 0 Å². The third-order valence-corrected chi connectivity index (χ3v) is 1.39. The zero-order valence-electron chi connectivity index (χ0n) is 7.08. The van der Waals surface area contributed by atoms with Crippen molar-refractivity contribution in [3.63, 3.8) is 0 Å². The van der Waals surface area contributed by atoms with Crippen LogP contribution >= 0.6 is 0 Å². The number of methoxy groups -OCH3 is 1. The number of hydrogen-bond donors (Lipinski definition) is 0. The van der Waals surface area contributed by atoms with Gasteiger partial charge in [-0.05, 0) is 0 Å². The predicted octanol–water partition coefficient (Wildman–Crippen LogP) is 2.09. The molecule has 84 valence electrons. The van der Waals surface area contributed by atoms with Gasteiger partial charge in [-0.25, -0.2) is 4.79 Å². The molecular formula is C6H6F6O2. The van der Waals surface area contributed by atoms with Crippen LogP contribution in [0.4, 0.5) is 26.3 Å². The van der Waals surface area contributed by atoms with Gasteiger partial charge in [0.25, 0.3) is 0 Å². The Morgan fingerprint density at radius 3 is 1.64 bits per heavy atom. The predicted molar refractivity (Wildman–Crippen MR) is 32.5 cm³/mol. The van der Waals surface area contributed by atoms with Crippen molar-refractivity contribution >= 4 is 5.97 Å². The first-order valence-electron chi connectivity index (χ1n) is 3.20. The first kappa shape index (κ1) is 13.0. The van der Waals surface area contributed by atoms with E-state index >= 15 is 0 Å². The molecular weight excluding hydrogens is 218 g/mol. The van der Waals surface area contributed by atoms with E-state index in [9.17, 15) is 31.1 Å². The molecule has 0 unspecified atom stereocenters. The molecule has 0 fully saturated rings. The minimum atomic E-state index is -5.78. The van der Waals surface area contributed by atoms with E-state index < -0.39 is 30.7 Å². The average Bonchev–Trinajstić information content (AvgIpc) is 2.00. The molecule has 0 atom stereocenters. The van der Waals surface area contributed by atoms with E-state index in [1.165, 1.54) is 0 Å². The van der Waals surface area contributed by atoms with Crippen LogP contribution in [0.5, 0.6) is 0 Å². The summed E-state index contributed by atoms with van der Waals surface area (Å²) >= 11 is 0. The van der Waals surface area contributed by atoms with Crippen molar-refractivity contribution in [3.05, 3.63) is 0 Å². The molecule has 2 nitrogen and oxygen atoms in total. The number of alkyl halides is 6. The van der Waals surface area contributed by atoms with Gasteiger partial charge < -0.3 is 4.74 Å². The molecule has 0 radical (unpaired) electrons. The molecule has 0 saturated carbocycles. The fraction of sp³-hybridized carbons (Fsp3) is 0.833. The number of rotatable bonds is 3. The molecule has 0 bridgehead atoms. The van der Waals surface area contributed by atoms with Crippen molar-refractivity contribution in [2.45, 2.75) is 24.7 Å². The summed E-state index contributed by atoms with van der Waals surface area (Å²) in [5.41, 5.74) is 0. The van der Waals surface area contributed by atoms with Crippen LogP contribution in [0.15, 0.2) is 0 Å². The molecule has 0 aromatic carbocycles. The first-order valence-corrected chi connectivity index (χ1v) is 3.20. The zero-order chi connectivity index (χ0) is 11.8. The number of hydrogen-bond acceptors (Lipinski definition) is 2. The lowest BCUT2D eigenvalue weighted by atomic mass is 10.1. The molecule has 14 heavy (non-hydrogen) atoms. The summed E-state index contributed by atoms with van der Waals surface area (Å²) in [7, 11) is 0.389. The summed E-state index contributed by atoms with van der Waals surface area (Å²) in [4.78, 5) is 10.1. The van der Waals surface area contributed by atoms with Crippen LogP contribution in [0, 0.1) is 0 Å². The monoisotopic (exact) mass is 224 g/mol. The maximum Gasteiger partial charge on any atom is 0.410 e. The summed E-state index contributed by atoms with van der Waals surface area (Å²) in [5, 5.41) is 0. The maximum atomic E-state index is 12.4. The van der Waals surface area contributed by atoms with E-state index in [2.05, 4.69) is 4.74 Å². The van der Waals surface area contributed by atoms with E-state index in [1.54, 1.807) is 0 Å². The second-order valence-corrected chi connectivity index (χ2v) is 2.53. The van der Waals surface area contributed by atoms with Gasteiger partial charge in [-0.1, -0.05) is 0 Å². The lowest BCUT2D eigenvalue weighted by Gasteiger charge is -2.28. The normalized spacial score (nSPS) is 14.0. The third kappa shape index (κ3) is 1.78. The highest BCUT2D eigenvalue weighted by Crippen LogP contribution is 2.45. The van der Waals surface area contributed by atoms with Crippen molar-refractivity contribution in [2.24, 2.45) is 0 Å². The summed E-state index contributed by atoms with van der Waals surface area (Å²) in [6.07, 6.45) is 0. The molecule has 0 heterocycles. The maximum absolute atomic E-state index is 12.4. The van der Waals surface area contributed by atoms with Crippen molar-refractivity contribution < 1.29 is 35.9 Å². The zero-order valence-corrected chi connectivity index (χ0v) is 7.08. The third-order valence-electron chi connectivity index (χ3n) is 1.39. The largest absolute Gasteiger partial charge is 0.464 e. The van der Waals surface area contributed by atoms with Crippen LogP contribution in [0.3, 0.4) is 0 Å². The highest BCUT2D eigenvalue weighted by atomic mass is 19.3. The number of esters is 1. The van der Waals surface area contributed by atoms with Crippen LogP contribution in [0.1, 0.15) is 6.92 Å². The van der Waals surface area contributed by atoms with Crippen LogP contribution in [-0.2, 0) is 9.53 Å². The fourth-order valence-corrected chi connectivity index (χ4v) is 0.532. The summed E-state index contributed by atoms with van der Waals surface area (Å²) in [5.74, 6) is -19.1. The molecule has 0 aromatic rings. The lowest BCUT2D eigenvalue weighted by Crippen LogP contribution is -2.57. The molecule has 0 rings (SSSR count). The Kier molecular flexibility index (Phi) is 3.10. The summed E-state index contributed by atoms with van der Waals surface area (Å²) in [6, 6.07) is 0. The van der Waals surface area contributed by atoms with Gasteiger partial charge in [0.1, 0.15) is 0 Å². The molecule has 0 aliphatic heterocycles. The Bertz CT molecular complexity index is 231. The Morgan fingerprint density at radius 1 is 1.07 bits per heavy atom. The van der Waals surface area contributed by atoms with Crippen LogP contribution < -0.4 is 0 Å². The highest BCUT2D eigenvalue weighted by molar-refractivity contribution is 5.79. The highest BCUT2D eigenvalue weighted by Gasteiger charge is 2.73. The van der Waals surface area contributed by atoms with E-state index in [1.807, 2.05) is 0 Å². The van der Waals surface area contributed by atoms with E-state index in [0.717, 1.165) is 0 Å². The van der Waals surface area contributed by atoms with Crippen molar-refractivity contribution in [1.82, 2.24) is 0 Å². The van der Waals surface area contributed by atoms with Gasteiger partial charge in [-0.2, -0.15) is 26.3 Å². The molecule has 0 aliphatic carbocycles. The SMILES string of the molecule is COC(=O)C(F)(F)C(F)(F)C(C)(F)F. The summed E-state index contributed by atoms with van der Waals surface area (Å²) in [6.45, 7) is -0.413. The van der Waals surface area contributed by atoms with Crippen LogP contribution in [0.25, 0.3) is 0 Å². The smallest absolute Gasteiger partial charge is 0.410 e. The number of carbonyl (C=O) groups excluding carboxylic acids is 1. The van der Waals surface area contributed by atoms with Gasteiger partial charge in [-0.3, -0.25) is 0 Å². The molecule has 0 N–H and O–H groups in total. The lowest BCUT2D eigenvalue weighted by molar-refractivity contribution is -0.298.